The van der Waals surface area contributed by atoms with Crippen molar-refractivity contribution in [3.63, 3.8) is 0 Å². The number of hydrogen-bond donors (Lipinski definition) is 1. The number of nitrogens with one attached hydrogen (secondary N) is 1. The van der Waals surface area contributed by atoms with Crippen molar-refractivity contribution in [1.82, 2.24) is 5.48 Å². The lowest BCUT2D eigenvalue weighted by molar-refractivity contribution is -0.222. The Labute approximate surface area is 76.0 Å². The molecule has 0 radical (unpaired) electrons. The molecule has 0 saturated carbocycles. The molecule has 0 aromatic heterocycles. The summed E-state index contributed by atoms with van der Waals surface area (Å²) in [5, 5.41) is 0. The van der Waals surface area contributed by atoms with Gasteiger partial charge in [0.2, 0.25) is 0 Å². The standard InChI is InChI=1S/C6H14INO2/c1-2-3-4-5-6-8-10-9-7/h8H,2-6H2,1H3. The van der Waals surface area contributed by atoms with Crippen LogP contribution in [0.25, 0.3) is 0 Å². The first-order valence-corrected chi connectivity index (χ1v) is 4.47. The minimum Gasteiger partial charge on any atom is -0.169 e. The van der Waals surface area contributed by atoms with Crippen LogP contribution in [-0.4, -0.2) is 6.54 Å². The Kier molecular flexibility index (Phi) is 10.2. The Morgan fingerprint density at radius 3 is 2.70 bits per heavy atom. The van der Waals surface area contributed by atoms with Crippen molar-refractivity contribution < 1.29 is 8.21 Å². The maximum atomic E-state index is 4.45. The molecule has 0 fully saturated rings. The molecule has 0 amide bonds. The van der Waals surface area contributed by atoms with Crippen molar-refractivity contribution in [2.45, 2.75) is 32.6 Å². The molecule has 0 aromatic rings. The first-order chi connectivity index (χ1) is 4.91. The smallest absolute Gasteiger partial charge is 0.157 e. The lowest BCUT2D eigenvalue weighted by Crippen LogP contribution is -2.13. The average molecular weight is 259 g/mol. The molecule has 10 heavy (non-hydrogen) atoms. The monoisotopic (exact) mass is 259 g/mol. The third-order valence-corrected chi connectivity index (χ3v) is 1.40. The highest BCUT2D eigenvalue weighted by Gasteiger charge is 1.86. The van der Waals surface area contributed by atoms with Crippen molar-refractivity contribution in [3.8, 4) is 0 Å². The first kappa shape index (κ1) is 10.6. The third-order valence-electron chi connectivity index (χ3n) is 1.22. The number of hydroxylamine groups is 1. The zero-order chi connectivity index (χ0) is 7.66. The zero-order valence-corrected chi connectivity index (χ0v) is 8.39. The van der Waals surface area contributed by atoms with Crippen LogP contribution in [0.4, 0.5) is 0 Å². The Balaban J connectivity index is 2.65. The van der Waals surface area contributed by atoms with E-state index in [0.29, 0.717) is 0 Å². The van der Waals surface area contributed by atoms with Gasteiger partial charge in [-0.2, -0.15) is 5.48 Å². The molecule has 0 rings (SSSR count). The Morgan fingerprint density at radius 1 is 1.30 bits per heavy atom. The van der Waals surface area contributed by atoms with Gasteiger partial charge in [0.1, 0.15) is 0 Å². The fourth-order valence-corrected chi connectivity index (χ4v) is 0.815. The Bertz CT molecular complexity index is 55.7. The maximum absolute atomic E-state index is 4.45. The molecule has 0 aliphatic carbocycles. The average Bonchev–Trinajstić information content (AvgIpc) is 1.97. The largest absolute Gasteiger partial charge is 0.169 e. The second kappa shape index (κ2) is 9.61. The molecule has 0 atom stereocenters. The second-order valence-corrected chi connectivity index (χ2v) is 2.46. The quantitative estimate of drug-likeness (QED) is 0.329. The number of unbranched alkanes of at least 4 members (excludes halogenated alkanes) is 3. The van der Waals surface area contributed by atoms with E-state index in [-0.39, 0.29) is 0 Å². The molecule has 4 heteroatoms. The summed E-state index contributed by atoms with van der Waals surface area (Å²) in [6.07, 6.45) is 4.97. The predicted molar refractivity (Wildman–Crippen MR) is 48.3 cm³/mol. The fraction of sp³-hybridized carbons (Fsp3) is 1.00. The van der Waals surface area contributed by atoms with Crippen molar-refractivity contribution in [3.05, 3.63) is 0 Å². The zero-order valence-electron chi connectivity index (χ0n) is 6.23. The summed E-state index contributed by atoms with van der Waals surface area (Å²) in [5.41, 5.74) is 2.66. The van der Waals surface area contributed by atoms with Crippen LogP contribution in [0, 0.1) is 0 Å². The van der Waals surface area contributed by atoms with Crippen LogP contribution in [0.5, 0.6) is 0 Å². The highest BCUT2D eigenvalue weighted by molar-refractivity contribution is 14.1. The van der Waals surface area contributed by atoms with Gasteiger partial charge in [0.05, 0.1) is 0 Å². The van der Waals surface area contributed by atoms with Crippen LogP contribution in [0.1, 0.15) is 32.6 Å². The van der Waals surface area contributed by atoms with Gasteiger partial charge in [-0.25, -0.2) is 0 Å². The van der Waals surface area contributed by atoms with Crippen LogP contribution in [-0.2, 0) is 8.21 Å². The molecule has 0 unspecified atom stereocenters. The van der Waals surface area contributed by atoms with E-state index in [0.717, 1.165) is 13.0 Å². The van der Waals surface area contributed by atoms with Gasteiger partial charge < -0.3 is 0 Å². The lowest BCUT2D eigenvalue weighted by Gasteiger charge is -1.99. The van der Waals surface area contributed by atoms with E-state index in [1.54, 1.807) is 23.0 Å². The van der Waals surface area contributed by atoms with Gasteiger partial charge in [-0.1, -0.05) is 26.2 Å². The topological polar surface area (TPSA) is 30.5 Å². The predicted octanol–water partition coefficient (Wildman–Crippen LogP) is 2.37. The minimum atomic E-state index is 0.864. The van der Waals surface area contributed by atoms with Crippen molar-refractivity contribution in [1.29, 1.82) is 0 Å². The molecule has 0 saturated heterocycles. The Hall–Kier alpha value is 0.610. The van der Waals surface area contributed by atoms with E-state index in [1.807, 2.05) is 0 Å². The van der Waals surface area contributed by atoms with Crippen LogP contribution in [0.15, 0.2) is 0 Å². The van der Waals surface area contributed by atoms with Crippen molar-refractivity contribution >= 4 is 23.0 Å². The summed E-state index contributed by atoms with van der Waals surface area (Å²) in [6.45, 7) is 3.06. The minimum absolute atomic E-state index is 0.864. The van der Waals surface area contributed by atoms with E-state index < -0.39 is 0 Å². The van der Waals surface area contributed by atoms with E-state index in [9.17, 15) is 0 Å². The van der Waals surface area contributed by atoms with Gasteiger partial charge in [0, 0.05) is 6.54 Å². The third kappa shape index (κ3) is 8.61. The normalized spacial score (nSPS) is 10.2. The highest BCUT2D eigenvalue weighted by Crippen LogP contribution is 1.96. The number of halogens is 1. The summed E-state index contributed by atoms with van der Waals surface area (Å²) >= 11 is 1.67. The molecular formula is C6H14INO2. The van der Waals surface area contributed by atoms with E-state index in [1.165, 1.54) is 19.3 Å². The molecule has 62 valence electrons. The van der Waals surface area contributed by atoms with Gasteiger partial charge >= 0.3 is 0 Å². The summed E-state index contributed by atoms with van der Waals surface area (Å²) in [6, 6.07) is 0. The molecular weight excluding hydrogens is 245 g/mol. The van der Waals surface area contributed by atoms with E-state index >= 15 is 0 Å². The summed E-state index contributed by atoms with van der Waals surface area (Å²) in [4.78, 5) is 4.45. The van der Waals surface area contributed by atoms with Crippen molar-refractivity contribution in [2.24, 2.45) is 0 Å². The van der Waals surface area contributed by atoms with Gasteiger partial charge in [0.15, 0.2) is 23.0 Å². The van der Waals surface area contributed by atoms with E-state index in [4.69, 9.17) is 0 Å². The number of hydrogen-bond acceptors (Lipinski definition) is 3. The lowest BCUT2D eigenvalue weighted by atomic mass is 10.2. The molecule has 0 aromatic carbocycles. The van der Waals surface area contributed by atoms with Gasteiger partial charge in [-0.05, 0) is 6.42 Å². The molecule has 0 aliphatic rings. The van der Waals surface area contributed by atoms with Crippen LogP contribution in [0.2, 0.25) is 0 Å². The summed E-state index contributed by atoms with van der Waals surface area (Å²) in [5.74, 6) is 0. The fourth-order valence-electron chi connectivity index (χ4n) is 0.688. The maximum Gasteiger partial charge on any atom is 0.157 e. The molecule has 0 spiro atoms. The SMILES string of the molecule is CCCCCCNOOI. The highest BCUT2D eigenvalue weighted by atomic mass is 127. The van der Waals surface area contributed by atoms with Gasteiger partial charge in [0.25, 0.3) is 0 Å². The van der Waals surface area contributed by atoms with Crippen LogP contribution >= 0.6 is 23.0 Å². The van der Waals surface area contributed by atoms with Crippen LogP contribution < -0.4 is 5.48 Å². The van der Waals surface area contributed by atoms with Crippen molar-refractivity contribution in [2.75, 3.05) is 6.54 Å². The molecule has 0 heterocycles. The summed E-state index contributed by atoms with van der Waals surface area (Å²) in [7, 11) is 0. The Morgan fingerprint density at radius 2 is 2.10 bits per heavy atom. The molecule has 1 N–H and O–H groups in total. The molecule has 3 nitrogen and oxygen atoms in total. The molecule has 0 aliphatic heterocycles. The molecule has 0 bridgehead atoms. The van der Waals surface area contributed by atoms with Gasteiger partial charge in [-0.15, -0.1) is 8.21 Å². The van der Waals surface area contributed by atoms with Gasteiger partial charge in [-0.3, -0.25) is 0 Å². The second-order valence-electron chi connectivity index (χ2n) is 2.10. The number of rotatable bonds is 7. The van der Waals surface area contributed by atoms with E-state index in [2.05, 4.69) is 20.6 Å². The van der Waals surface area contributed by atoms with Crippen LogP contribution in [0.3, 0.4) is 0 Å². The summed E-state index contributed by atoms with van der Waals surface area (Å²) < 4.78 is 4.31. The first-order valence-electron chi connectivity index (χ1n) is 3.59.